The average Bonchev–Trinajstić information content (AvgIpc) is 3.23. The molecule has 9 heteroatoms. The Hall–Kier alpha value is -2.32. The molecule has 2 unspecified atom stereocenters. The molecule has 2 aromatic rings. The Morgan fingerprint density at radius 2 is 1.94 bits per heavy atom. The second-order valence-electron chi connectivity index (χ2n) is 9.37. The second-order valence-corrected chi connectivity index (χ2v) is 9.78. The molecular formula is C25H38ClN7O. The predicted octanol–water partition coefficient (Wildman–Crippen LogP) is 4.79. The molecule has 2 heterocycles. The van der Waals surface area contributed by atoms with E-state index in [-0.39, 0.29) is 5.95 Å². The van der Waals surface area contributed by atoms with Crippen molar-refractivity contribution in [2.45, 2.75) is 89.4 Å². The molecule has 4 rings (SSSR count). The number of nitrogens with one attached hydrogen (secondary N) is 2. The summed E-state index contributed by atoms with van der Waals surface area (Å²) in [4.78, 5) is 16.4. The minimum atomic E-state index is 0.244. The number of aromatic nitrogens is 3. The fourth-order valence-electron chi connectivity index (χ4n) is 5.41. The van der Waals surface area contributed by atoms with E-state index in [1.807, 2.05) is 18.2 Å². The highest BCUT2D eigenvalue weighted by molar-refractivity contribution is 6.32. The normalized spacial score (nSPS) is 20.0. The Kier molecular flexibility index (Phi) is 8.67. The van der Waals surface area contributed by atoms with Gasteiger partial charge in [0, 0.05) is 24.7 Å². The van der Waals surface area contributed by atoms with Crippen LogP contribution in [0.15, 0.2) is 18.2 Å². The highest BCUT2D eigenvalue weighted by Crippen LogP contribution is 2.31. The van der Waals surface area contributed by atoms with Gasteiger partial charge in [-0.1, -0.05) is 50.3 Å². The van der Waals surface area contributed by atoms with Crippen LogP contribution in [0, 0.1) is 0 Å². The average molecular weight is 488 g/mol. The summed E-state index contributed by atoms with van der Waals surface area (Å²) in [6, 6.07) is 6.92. The summed E-state index contributed by atoms with van der Waals surface area (Å²) in [6.07, 6.45) is 10.9. The molecule has 1 aromatic heterocycles. The van der Waals surface area contributed by atoms with Crippen LogP contribution in [0.3, 0.4) is 0 Å². The maximum atomic E-state index is 6.29. The van der Waals surface area contributed by atoms with Gasteiger partial charge in [-0.3, -0.25) is 0 Å². The number of benzene rings is 1. The van der Waals surface area contributed by atoms with E-state index in [0.717, 1.165) is 18.5 Å². The van der Waals surface area contributed by atoms with Gasteiger partial charge in [-0.15, -0.1) is 0 Å². The summed E-state index contributed by atoms with van der Waals surface area (Å²) in [5, 5.41) is 7.62. The highest BCUT2D eigenvalue weighted by Gasteiger charge is 2.35. The molecule has 2 fully saturated rings. The number of ether oxygens (including phenoxy) is 1. The number of hydrogen-bond acceptors (Lipinski definition) is 8. The third kappa shape index (κ3) is 6.02. The van der Waals surface area contributed by atoms with Crippen LogP contribution in [0.4, 0.5) is 17.8 Å². The summed E-state index contributed by atoms with van der Waals surface area (Å²) in [6.45, 7) is 3.87. The molecule has 34 heavy (non-hydrogen) atoms. The minimum absolute atomic E-state index is 0.244. The largest absolute Gasteiger partial charge is 0.495 e. The van der Waals surface area contributed by atoms with E-state index < -0.39 is 0 Å². The van der Waals surface area contributed by atoms with E-state index in [4.69, 9.17) is 27.1 Å². The molecule has 4 N–H and O–H groups in total. The molecule has 1 saturated heterocycles. The van der Waals surface area contributed by atoms with Crippen LogP contribution in [0.25, 0.3) is 0 Å². The van der Waals surface area contributed by atoms with Crippen molar-refractivity contribution < 1.29 is 4.74 Å². The summed E-state index contributed by atoms with van der Waals surface area (Å²) in [5.74, 6) is 2.08. The molecule has 8 nitrogen and oxygen atoms in total. The van der Waals surface area contributed by atoms with E-state index in [9.17, 15) is 0 Å². The van der Waals surface area contributed by atoms with Gasteiger partial charge in [-0.05, 0) is 56.3 Å². The molecule has 2 atom stereocenters. The maximum absolute atomic E-state index is 6.29. The van der Waals surface area contributed by atoms with Crippen LogP contribution in [0.5, 0.6) is 5.75 Å². The number of halogens is 1. The van der Waals surface area contributed by atoms with Crippen LogP contribution < -0.4 is 26.0 Å². The number of rotatable bonds is 9. The van der Waals surface area contributed by atoms with Crippen molar-refractivity contribution in [1.82, 2.24) is 20.3 Å². The van der Waals surface area contributed by atoms with E-state index in [0.29, 0.717) is 47.3 Å². The Morgan fingerprint density at radius 3 is 2.59 bits per heavy atom. The monoisotopic (exact) mass is 487 g/mol. The minimum Gasteiger partial charge on any atom is -0.495 e. The summed E-state index contributed by atoms with van der Waals surface area (Å²) >= 11 is 6.29. The lowest BCUT2D eigenvalue weighted by atomic mass is 9.97. The Balaban J connectivity index is 1.59. The SMILES string of the molecule is CCC(C1CCCN1)N(c1nc(N)nc(NCc2ccc(OC)c(Cl)c2)n1)C1CCCCCC1. The van der Waals surface area contributed by atoms with Crippen molar-refractivity contribution in [3.8, 4) is 5.75 Å². The number of nitrogens with two attached hydrogens (primary N) is 1. The molecule has 0 radical (unpaired) electrons. The first-order valence-corrected chi connectivity index (χ1v) is 13.1. The first-order chi connectivity index (χ1) is 16.6. The third-order valence-electron chi connectivity index (χ3n) is 7.10. The van der Waals surface area contributed by atoms with Gasteiger partial charge in [0.25, 0.3) is 0 Å². The lowest BCUT2D eigenvalue weighted by Crippen LogP contribution is -2.52. The molecule has 0 amide bonds. The topological polar surface area (TPSA) is 101 Å². The highest BCUT2D eigenvalue weighted by atomic mass is 35.5. The quantitative estimate of drug-likeness (QED) is 0.434. The van der Waals surface area contributed by atoms with Gasteiger partial charge in [0.2, 0.25) is 17.8 Å². The predicted molar refractivity (Wildman–Crippen MR) is 139 cm³/mol. The zero-order valence-electron chi connectivity index (χ0n) is 20.4. The molecule has 1 saturated carbocycles. The summed E-state index contributed by atoms with van der Waals surface area (Å²) < 4.78 is 5.25. The molecule has 1 aromatic carbocycles. The van der Waals surface area contributed by atoms with Gasteiger partial charge in [0.15, 0.2) is 0 Å². The van der Waals surface area contributed by atoms with Gasteiger partial charge in [-0.25, -0.2) is 0 Å². The van der Waals surface area contributed by atoms with E-state index in [1.54, 1.807) is 7.11 Å². The Morgan fingerprint density at radius 1 is 1.15 bits per heavy atom. The van der Waals surface area contributed by atoms with E-state index in [2.05, 4.69) is 32.4 Å². The molecule has 2 aliphatic rings. The lowest BCUT2D eigenvalue weighted by Gasteiger charge is -2.40. The van der Waals surface area contributed by atoms with Crippen LogP contribution in [0.2, 0.25) is 5.02 Å². The van der Waals surface area contributed by atoms with E-state index in [1.165, 1.54) is 51.4 Å². The van der Waals surface area contributed by atoms with Crippen molar-refractivity contribution in [1.29, 1.82) is 0 Å². The van der Waals surface area contributed by atoms with Crippen LogP contribution in [-0.4, -0.2) is 46.7 Å². The molecule has 186 valence electrons. The van der Waals surface area contributed by atoms with Gasteiger partial charge in [-0.2, -0.15) is 15.0 Å². The Labute approximate surface area is 208 Å². The summed E-state index contributed by atoms with van der Waals surface area (Å²) in [5.41, 5.74) is 7.21. The van der Waals surface area contributed by atoms with Crippen molar-refractivity contribution in [3.05, 3.63) is 28.8 Å². The summed E-state index contributed by atoms with van der Waals surface area (Å²) in [7, 11) is 1.61. The van der Waals surface area contributed by atoms with Crippen LogP contribution in [-0.2, 0) is 6.54 Å². The fourth-order valence-corrected chi connectivity index (χ4v) is 5.69. The van der Waals surface area contributed by atoms with Crippen molar-refractivity contribution >= 4 is 29.4 Å². The smallest absolute Gasteiger partial charge is 0.232 e. The standard InChI is InChI=1S/C25H38ClN7O/c1-3-21(20-11-8-14-28-20)33(18-9-6-4-5-7-10-18)25-31-23(27)30-24(32-25)29-16-17-12-13-22(34-2)19(26)15-17/h12-13,15,18,20-21,28H,3-11,14,16H2,1-2H3,(H3,27,29,30,31,32). The molecule has 0 bridgehead atoms. The van der Waals surface area contributed by atoms with Gasteiger partial charge < -0.3 is 26.0 Å². The van der Waals surface area contributed by atoms with Crippen LogP contribution >= 0.6 is 11.6 Å². The molecule has 1 aliphatic heterocycles. The number of methoxy groups -OCH3 is 1. The van der Waals surface area contributed by atoms with Crippen molar-refractivity contribution in [3.63, 3.8) is 0 Å². The zero-order chi connectivity index (χ0) is 23.9. The number of nitrogen functional groups attached to an aromatic ring is 1. The van der Waals surface area contributed by atoms with E-state index >= 15 is 0 Å². The van der Waals surface area contributed by atoms with Crippen LogP contribution in [0.1, 0.15) is 70.3 Å². The van der Waals surface area contributed by atoms with Crippen molar-refractivity contribution in [2.75, 3.05) is 29.6 Å². The second kappa shape index (κ2) is 11.9. The Bertz CT molecular complexity index is 929. The lowest BCUT2D eigenvalue weighted by molar-refractivity contribution is 0.380. The third-order valence-corrected chi connectivity index (χ3v) is 7.39. The van der Waals surface area contributed by atoms with Crippen molar-refractivity contribution in [2.24, 2.45) is 0 Å². The number of nitrogens with zero attached hydrogens (tertiary/aromatic N) is 4. The van der Waals surface area contributed by atoms with Gasteiger partial charge >= 0.3 is 0 Å². The maximum Gasteiger partial charge on any atom is 0.232 e. The number of hydrogen-bond donors (Lipinski definition) is 3. The first-order valence-electron chi connectivity index (χ1n) is 12.7. The van der Waals surface area contributed by atoms with Gasteiger partial charge in [0.05, 0.1) is 12.1 Å². The first kappa shape index (κ1) is 24.8. The fraction of sp³-hybridized carbons (Fsp3) is 0.640. The number of anilines is 3. The molecular weight excluding hydrogens is 450 g/mol. The van der Waals surface area contributed by atoms with Gasteiger partial charge in [0.1, 0.15) is 5.75 Å². The zero-order valence-corrected chi connectivity index (χ0v) is 21.2. The molecule has 1 aliphatic carbocycles. The molecule has 0 spiro atoms.